The van der Waals surface area contributed by atoms with Crippen molar-refractivity contribution < 1.29 is 14.3 Å². The molecule has 0 atom stereocenters. The fraction of sp³-hybridized carbons (Fsp3) is 0.143. The quantitative estimate of drug-likeness (QED) is 0.590. The Kier molecular flexibility index (Phi) is 1.29. The molecule has 56 valence electrons. The van der Waals surface area contributed by atoms with Crippen molar-refractivity contribution in [2.75, 3.05) is 6.61 Å². The van der Waals surface area contributed by atoms with Crippen LogP contribution in [-0.4, -0.2) is 18.7 Å². The van der Waals surface area contributed by atoms with E-state index < -0.39 is 0 Å². The number of ether oxygens (including phenoxy) is 1. The van der Waals surface area contributed by atoms with Gasteiger partial charge in [0.25, 0.3) is 0 Å². The third kappa shape index (κ3) is 0.867. The molecule has 1 aliphatic heterocycles. The molecule has 0 bridgehead atoms. The summed E-state index contributed by atoms with van der Waals surface area (Å²) in [5.74, 6) is 0.528. The van der Waals surface area contributed by atoms with Gasteiger partial charge >= 0.3 is 0 Å². The van der Waals surface area contributed by atoms with Gasteiger partial charge in [-0.25, -0.2) is 0 Å². The fourth-order valence-corrected chi connectivity index (χ4v) is 1.80. The number of carbonyl (C=O) groups excluding carboxylic acids is 2. The molecular weight excluding hydrogens is 164 g/mol. The average molecular weight is 168 g/mol. The van der Waals surface area contributed by atoms with Crippen LogP contribution in [0.5, 0.6) is 5.75 Å². The highest BCUT2D eigenvalue weighted by Crippen LogP contribution is 2.32. The molecule has 0 saturated heterocycles. The van der Waals surface area contributed by atoms with Gasteiger partial charge in [0.15, 0.2) is 12.9 Å². The number of hydrogen-bond acceptors (Lipinski definition) is 4. The Morgan fingerprint density at radius 1 is 1.64 bits per heavy atom. The summed E-state index contributed by atoms with van der Waals surface area (Å²) >= 11 is 1.19. The monoisotopic (exact) mass is 168 g/mol. The van der Waals surface area contributed by atoms with Gasteiger partial charge < -0.3 is 4.74 Å². The summed E-state index contributed by atoms with van der Waals surface area (Å²) in [7, 11) is 0. The number of fused-ring (bicyclic) bond motifs is 1. The number of thiophene rings is 1. The topological polar surface area (TPSA) is 43.4 Å². The first-order valence-electron chi connectivity index (χ1n) is 3.06. The molecule has 0 unspecified atom stereocenters. The third-order valence-electron chi connectivity index (χ3n) is 1.45. The number of aldehydes is 1. The van der Waals surface area contributed by atoms with Crippen molar-refractivity contribution in [3.05, 3.63) is 15.8 Å². The molecule has 0 spiro atoms. The zero-order valence-electron chi connectivity index (χ0n) is 5.49. The van der Waals surface area contributed by atoms with E-state index in [-0.39, 0.29) is 12.4 Å². The molecule has 0 radical (unpaired) electrons. The molecule has 2 heterocycles. The molecule has 1 aliphatic rings. The molecule has 4 heteroatoms. The Morgan fingerprint density at radius 3 is 3.09 bits per heavy atom. The summed E-state index contributed by atoms with van der Waals surface area (Å²) in [6.07, 6.45) is 0.722. The van der Waals surface area contributed by atoms with E-state index in [9.17, 15) is 9.59 Å². The van der Waals surface area contributed by atoms with Gasteiger partial charge in [0.1, 0.15) is 10.6 Å². The molecule has 0 aromatic carbocycles. The second-order valence-electron chi connectivity index (χ2n) is 2.17. The number of carbonyl (C=O) groups is 2. The van der Waals surface area contributed by atoms with E-state index in [1.165, 1.54) is 11.3 Å². The van der Waals surface area contributed by atoms with Gasteiger partial charge in [0, 0.05) is 6.07 Å². The van der Waals surface area contributed by atoms with E-state index in [0.717, 1.165) is 6.29 Å². The molecule has 2 rings (SSSR count). The number of hydrogen-bond donors (Lipinski definition) is 0. The summed E-state index contributed by atoms with van der Waals surface area (Å²) in [6.45, 7) is 0.125. The lowest BCUT2D eigenvalue weighted by atomic mass is 10.3. The molecule has 0 aliphatic carbocycles. The lowest BCUT2D eigenvalue weighted by Crippen LogP contribution is -1.98. The van der Waals surface area contributed by atoms with Crippen LogP contribution >= 0.6 is 11.3 Å². The second kappa shape index (κ2) is 2.17. The second-order valence-corrected chi connectivity index (χ2v) is 3.26. The number of Topliss-reactive ketones (excluding diaryl/α,β-unsaturated/α-hetero) is 1. The van der Waals surface area contributed by atoms with Gasteiger partial charge in [-0.15, -0.1) is 11.3 Å². The van der Waals surface area contributed by atoms with E-state index in [1.807, 2.05) is 0 Å². The minimum Gasteiger partial charge on any atom is -0.484 e. The lowest BCUT2D eigenvalue weighted by Gasteiger charge is -1.87. The molecule has 0 fully saturated rings. The Morgan fingerprint density at radius 2 is 2.45 bits per heavy atom. The van der Waals surface area contributed by atoms with Crippen molar-refractivity contribution in [1.29, 1.82) is 0 Å². The molecule has 11 heavy (non-hydrogen) atoms. The highest BCUT2D eigenvalue weighted by Gasteiger charge is 2.24. The highest BCUT2D eigenvalue weighted by molar-refractivity contribution is 7.16. The van der Waals surface area contributed by atoms with E-state index >= 15 is 0 Å². The van der Waals surface area contributed by atoms with Crippen LogP contribution < -0.4 is 4.74 Å². The summed E-state index contributed by atoms with van der Waals surface area (Å²) in [5, 5.41) is 0. The first-order chi connectivity index (χ1) is 5.31. The predicted octanol–water partition coefficient (Wildman–Crippen LogP) is 1.14. The molecule has 0 saturated carbocycles. The van der Waals surface area contributed by atoms with Crippen LogP contribution in [0.4, 0.5) is 0 Å². The zero-order chi connectivity index (χ0) is 7.84. The van der Waals surface area contributed by atoms with Crippen LogP contribution in [0.2, 0.25) is 0 Å². The standard InChI is InChI=1S/C7H4O3S/c8-2-4-1-6-7(11-4)5(9)3-10-6/h1-2H,3H2. The largest absolute Gasteiger partial charge is 0.484 e. The summed E-state index contributed by atoms with van der Waals surface area (Å²) < 4.78 is 5.00. The molecule has 1 aromatic heterocycles. The average Bonchev–Trinajstić information content (AvgIpc) is 2.53. The Bertz CT molecular complexity index is 326. The lowest BCUT2D eigenvalue weighted by molar-refractivity contribution is 0.0963. The maximum absolute atomic E-state index is 11.0. The van der Waals surface area contributed by atoms with Gasteiger partial charge in [-0.2, -0.15) is 0 Å². The van der Waals surface area contributed by atoms with Crippen molar-refractivity contribution >= 4 is 23.4 Å². The van der Waals surface area contributed by atoms with Crippen LogP contribution in [0, 0.1) is 0 Å². The number of ketones is 1. The SMILES string of the molecule is O=Cc1cc2c(s1)C(=O)CO2. The van der Waals surface area contributed by atoms with Gasteiger partial charge in [0.2, 0.25) is 5.78 Å². The van der Waals surface area contributed by atoms with Crippen molar-refractivity contribution in [1.82, 2.24) is 0 Å². The van der Waals surface area contributed by atoms with E-state index in [4.69, 9.17) is 4.74 Å². The van der Waals surface area contributed by atoms with E-state index in [0.29, 0.717) is 15.5 Å². The molecule has 1 aromatic rings. The van der Waals surface area contributed by atoms with Crippen molar-refractivity contribution in [3.63, 3.8) is 0 Å². The smallest absolute Gasteiger partial charge is 0.213 e. The first kappa shape index (κ1) is 6.54. The Balaban J connectivity index is 2.54. The minimum atomic E-state index is -0.0295. The summed E-state index contributed by atoms with van der Waals surface area (Å²) in [5.41, 5.74) is 0. The molecule has 3 nitrogen and oxygen atoms in total. The predicted molar refractivity (Wildman–Crippen MR) is 39.5 cm³/mol. The van der Waals surface area contributed by atoms with Gasteiger partial charge in [-0.05, 0) is 0 Å². The van der Waals surface area contributed by atoms with Crippen LogP contribution in [0.15, 0.2) is 6.07 Å². The maximum Gasteiger partial charge on any atom is 0.213 e. The van der Waals surface area contributed by atoms with Crippen molar-refractivity contribution in [2.45, 2.75) is 0 Å². The normalized spacial score (nSPS) is 14.4. The molecular formula is C7H4O3S. The summed E-state index contributed by atoms with van der Waals surface area (Å²) in [6, 6.07) is 1.60. The fourth-order valence-electron chi connectivity index (χ4n) is 0.961. The molecule has 0 amide bonds. The Labute approximate surface area is 66.6 Å². The maximum atomic E-state index is 11.0. The van der Waals surface area contributed by atoms with E-state index in [2.05, 4.69) is 0 Å². The minimum absolute atomic E-state index is 0.0295. The van der Waals surface area contributed by atoms with Gasteiger partial charge in [-0.1, -0.05) is 0 Å². The van der Waals surface area contributed by atoms with Crippen LogP contribution in [0.3, 0.4) is 0 Å². The van der Waals surface area contributed by atoms with Gasteiger partial charge in [-0.3, -0.25) is 9.59 Å². The van der Waals surface area contributed by atoms with Crippen LogP contribution in [-0.2, 0) is 0 Å². The zero-order valence-corrected chi connectivity index (χ0v) is 6.31. The van der Waals surface area contributed by atoms with Crippen molar-refractivity contribution in [3.8, 4) is 5.75 Å². The van der Waals surface area contributed by atoms with Gasteiger partial charge in [0.05, 0.1) is 4.88 Å². The van der Waals surface area contributed by atoms with Crippen LogP contribution in [0.25, 0.3) is 0 Å². The summed E-state index contributed by atoms with van der Waals surface area (Å²) in [4.78, 5) is 22.3. The highest BCUT2D eigenvalue weighted by atomic mass is 32.1. The number of rotatable bonds is 1. The molecule has 0 N–H and O–H groups in total. The van der Waals surface area contributed by atoms with E-state index in [1.54, 1.807) is 6.07 Å². The first-order valence-corrected chi connectivity index (χ1v) is 3.88. The van der Waals surface area contributed by atoms with Crippen molar-refractivity contribution in [2.24, 2.45) is 0 Å². The Hall–Kier alpha value is -1.16. The van der Waals surface area contributed by atoms with Crippen LogP contribution in [0.1, 0.15) is 19.3 Å². The third-order valence-corrected chi connectivity index (χ3v) is 2.53.